The lowest BCUT2D eigenvalue weighted by molar-refractivity contribution is -0.194. The third-order valence-electron chi connectivity index (χ3n) is 4.36. The minimum Gasteiger partial charge on any atom is -0.313 e. The summed E-state index contributed by atoms with van der Waals surface area (Å²) in [6, 6.07) is 0. The Morgan fingerprint density at radius 1 is 0.757 bits per heavy atom. The number of carbonyl (C=O) groups is 2. The number of nitrogens with zero attached hydrogens (tertiary/aromatic N) is 2. The molecule has 0 bridgehead atoms. The number of rotatable bonds is 13. The molecule has 0 atom stereocenters. The van der Waals surface area contributed by atoms with Gasteiger partial charge in [-0.15, -0.1) is 11.6 Å². The first-order chi connectivity index (χ1) is 17.8. The summed E-state index contributed by atoms with van der Waals surface area (Å²) >= 11 is 5.31. The number of amides is 2. The molecule has 0 unspecified atom stereocenters. The maximum atomic E-state index is 12.1. The number of hydroxylamine groups is 4. The van der Waals surface area contributed by atoms with Crippen molar-refractivity contribution >= 4 is 39.6 Å². The van der Waals surface area contributed by atoms with Gasteiger partial charge in [-0.25, -0.2) is 10.1 Å². The van der Waals surface area contributed by atoms with Crippen LogP contribution >= 0.6 is 27.8 Å². The Labute approximate surface area is 227 Å². The van der Waals surface area contributed by atoms with Gasteiger partial charge in [-0.2, -0.15) is 0 Å². The van der Waals surface area contributed by atoms with Crippen LogP contribution in [-0.4, -0.2) is 93.3 Å². The van der Waals surface area contributed by atoms with Crippen molar-refractivity contribution < 1.29 is 46.4 Å². The maximum absolute atomic E-state index is 12.1. The second-order valence-electron chi connectivity index (χ2n) is 7.29. The molecule has 0 N–H and O–H groups in total. The Kier molecular flexibility index (Phi) is 23.2. The first-order valence-electron chi connectivity index (χ1n) is 12.8. The van der Waals surface area contributed by atoms with Gasteiger partial charge in [-0.1, -0.05) is 0 Å². The Balaban J connectivity index is 0.000000559. The normalized spacial score (nSPS) is 16.0. The minimum atomic E-state index is -3.31. The van der Waals surface area contributed by atoms with Crippen LogP contribution in [0.2, 0.25) is 0 Å². The molecule has 2 saturated heterocycles. The van der Waals surface area contributed by atoms with Crippen molar-refractivity contribution in [3.63, 3.8) is 0 Å². The standard InChI is InChI=1S/C10H20NO5P.C6H10ClNO2.C6H15O3P/c1-3-15-17(13,16-4-2)9-10(12)11-7-5-6-8-14-11;7-5-6(9)8-3-1-2-4-10-8;1-4-7-10(8-5-2)9-6-3/h3-9H2,1-2H3;1-5H2;4-6H2,1-3H3. The van der Waals surface area contributed by atoms with E-state index in [1.54, 1.807) is 13.8 Å². The number of alkyl halides is 1. The lowest BCUT2D eigenvalue weighted by atomic mass is 10.3. The van der Waals surface area contributed by atoms with E-state index in [0.29, 0.717) is 46.1 Å². The summed E-state index contributed by atoms with van der Waals surface area (Å²) in [7, 11) is -4.37. The van der Waals surface area contributed by atoms with Crippen LogP contribution in [-0.2, 0) is 46.4 Å². The highest BCUT2D eigenvalue weighted by atomic mass is 35.5. The molecule has 2 fully saturated rings. The summed E-state index contributed by atoms with van der Waals surface area (Å²) in [5.41, 5.74) is 0. The Bertz CT molecular complexity index is 614. The summed E-state index contributed by atoms with van der Waals surface area (Å²) in [6.07, 6.45) is 3.64. The van der Waals surface area contributed by atoms with Gasteiger partial charge in [-0.3, -0.25) is 23.8 Å². The molecule has 0 aromatic carbocycles. The number of hydrogen-bond donors (Lipinski definition) is 0. The van der Waals surface area contributed by atoms with E-state index in [1.807, 2.05) is 20.8 Å². The molecule has 0 saturated carbocycles. The molecule has 0 spiro atoms. The van der Waals surface area contributed by atoms with E-state index in [1.165, 1.54) is 10.1 Å². The molecular weight excluding hydrogens is 550 g/mol. The summed E-state index contributed by atoms with van der Waals surface area (Å²) in [5, 5.41) is 2.60. The number of carbonyl (C=O) groups excluding carboxylic acids is 2. The lowest BCUT2D eigenvalue weighted by Crippen LogP contribution is -2.37. The molecule has 2 amide bonds. The van der Waals surface area contributed by atoms with Crippen LogP contribution in [0.5, 0.6) is 0 Å². The van der Waals surface area contributed by atoms with Gasteiger partial charge in [0.25, 0.3) is 11.8 Å². The first kappa shape index (κ1) is 36.6. The van der Waals surface area contributed by atoms with E-state index in [9.17, 15) is 14.2 Å². The summed E-state index contributed by atoms with van der Waals surface area (Å²) in [4.78, 5) is 32.9. The fraction of sp³-hybridized carbons (Fsp3) is 0.909. The number of halogens is 1. The third kappa shape index (κ3) is 17.7. The highest BCUT2D eigenvalue weighted by Gasteiger charge is 2.31. The van der Waals surface area contributed by atoms with Crippen molar-refractivity contribution in [3.8, 4) is 0 Å². The van der Waals surface area contributed by atoms with E-state index < -0.39 is 16.2 Å². The molecule has 0 aromatic rings. The molecule has 0 radical (unpaired) electrons. The molecule has 2 rings (SSSR count). The van der Waals surface area contributed by atoms with E-state index in [0.717, 1.165) is 25.7 Å². The van der Waals surface area contributed by atoms with Gasteiger partial charge in [0.1, 0.15) is 12.0 Å². The van der Waals surface area contributed by atoms with Gasteiger partial charge >= 0.3 is 16.2 Å². The predicted molar refractivity (Wildman–Crippen MR) is 142 cm³/mol. The molecule has 2 aliphatic heterocycles. The van der Waals surface area contributed by atoms with Crippen molar-refractivity contribution in [2.24, 2.45) is 0 Å². The fourth-order valence-electron chi connectivity index (χ4n) is 2.85. The van der Waals surface area contributed by atoms with Crippen LogP contribution < -0.4 is 0 Å². The molecule has 220 valence electrons. The van der Waals surface area contributed by atoms with Crippen LogP contribution in [0.1, 0.15) is 60.3 Å². The van der Waals surface area contributed by atoms with Crippen LogP contribution in [0.15, 0.2) is 0 Å². The summed E-state index contributed by atoms with van der Waals surface area (Å²) in [5.74, 6) is -0.462. The quantitative estimate of drug-likeness (QED) is 0.215. The molecule has 37 heavy (non-hydrogen) atoms. The van der Waals surface area contributed by atoms with Crippen molar-refractivity contribution in [1.82, 2.24) is 10.1 Å². The van der Waals surface area contributed by atoms with Crippen molar-refractivity contribution in [2.45, 2.75) is 60.3 Å². The van der Waals surface area contributed by atoms with Crippen molar-refractivity contribution in [3.05, 3.63) is 0 Å². The largest absolute Gasteiger partial charge is 0.340 e. The highest BCUT2D eigenvalue weighted by Crippen LogP contribution is 2.48. The second kappa shape index (κ2) is 23.5. The molecule has 2 heterocycles. The third-order valence-corrected chi connectivity index (χ3v) is 7.96. The Hall–Kier alpha value is -0.390. The molecule has 12 nitrogen and oxygen atoms in total. The summed E-state index contributed by atoms with van der Waals surface area (Å²) in [6.45, 7) is 14.0. The van der Waals surface area contributed by atoms with Gasteiger partial charge in [0.15, 0.2) is 0 Å². The molecule has 0 aromatic heterocycles. The predicted octanol–water partition coefficient (Wildman–Crippen LogP) is 4.91. The maximum Gasteiger partial charge on any atom is 0.340 e. The smallest absolute Gasteiger partial charge is 0.313 e. The van der Waals surface area contributed by atoms with Crippen LogP contribution in [0.3, 0.4) is 0 Å². The molecule has 2 aliphatic rings. The monoisotopic (exact) mass is 594 g/mol. The van der Waals surface area contributed by atoms with Gasteiger partial charge in [0.05, 0.1) is 46.2 Å². The van der Waals surface area contributed by atoms with Gasteiger partial charge in [0, 0.05) is 13.1 Å². The number of hydrogen-bond acceptors (Lipinski definition) is 10. The topological polar surface area (TPSA) is 122 Å². The zero-order valence-electron chi connectivity index (χ0n) is 22.9. The second-order valence-corrected chi connectivity index (χ2v) is 10.8. The average Bonchev–Trinajstić information content (AvgIpc) is 2.90. The van der Waals surface area contributed by atoms with Crippen LogP contribution in [0.25, 0.3) is 0 Å². The lowest BCUT2D eigenvalue weighted by Gasteiger charge is -2.27. The Morgan fingerprint density at radius 2 is 1.19 bits per heavy atom. The zero-order chi connectivity index (χ0) is 27.9. The van der Waals surface area contributed by atoms with Gasteiger partial charge in [-0.05, 0) is 60.3 Å². The van der Waals surface area contributed by atoms with E-state index in [2.05, 4.69) is 0 Å². The van der Waals surface area contributed by atoms with E-state index >= 15 is 0 Å². The fourth-order valence-corrected chi connectivity index (χ4v) is 5.37. The zero-order valence-corrected chi connectivity index (χ0v) is 25.4. The average molecular weight is 595 g/mol. The van der Waals surface area contributed by atoms with Crippen LogP contribution in [0.4, 0.5) is 0 Å². The van der Waals surface area contributed by atoms with Crippen LogP contribution in [0, 0.1) is 0 Å². The minimum absolute atomic E-state index is 0.0139. The van der Waals surface area contributed by atoms with E-state index in [-0.39, 0.29) is 37.1 Å². The summed E-state index contributed by atoms with van der Waals surface area (Å²) < 4.78 is 37.7. The van der Waals surface area contributed by atoms with Crippen molar-refractivity contribution in [2.75, 3.05) is 71.4 Å². The Morgan fingerprint density at radius 3 is 1.51 bits per heavy atom. The van der Waals surface area contributed by atoms with Gasteiger partial charge < -0.3 is 22.6 Å². The van der Waals surface area contributed by atoms with Gasteiger partial charge in [0.2, 0.25) is 0 Å². The highest BCUT2D eigenvalue weighted by molar-refractivity contribution is 7.54. The van der Waals surface area contributed by atoms with Crippen molar-refractivity contribution in [1.29, 1.82) is 0 Å². The molecular formula is C22H45ClN2O10P2. The molecule has 15 heteroatoms. The first-order valence-corrected chi connectivity index (χ1v) is 16.2. The van der Waals surface area contributed by atoms with E-state index in [4.69, 9.17) is 43.9 Å². The SMILES string of the molecule is CCOP(=O)(CC(=O)N1CCCCO1)OCC.CCOP(OCC)OCC.O=C(CCl)N1CCCCO1. The molecule has 0 aliphatic carbocycles.